The van der Waals surface area contributed by atoms with Crippen LogP contribution in [0.15, 0.2) is 91.3 Å². The molecule has 5 aromatic rings. The quantitative estimate of drug-likeness (QED) is 0.284. The smallest absolute Gasteiger partial charge is 0.251 e. The summed E-state index contributed by atoms with van der Waals surface area (Å²) in [5.74, 6) is -0.147. The van der Waals surface area contributed by atoms with E-state index in [2.05, 4.69) is 27.0 Å². The van der Waals surface area contributed by atoms with E-state index < -0.39 is 0 Å². The van der Waals surface area contributed by atoms with Gasteiger partial charge in [-0.3, -0.25) is 14.0 Å². The highest BCUT2D eigenvalue weighted by Crippen LogP contribution is 2.30. The molecule has 1 aliphatic heterocycles. The lowest BCUT2D eigenvalue weighted by Gasteiger charge is -2.13. The van der Waals surface area contributed by atoms with E-state index in [1.54, 1.807) is 6.20 Å². The molecule has 0 saturated carbocycles. The summed E-state index contributed by atoms with van der Waals surface area (Å²) in [6, 6.07) is 25.4. The lowest BCUT2D eigenvalue weighted by Crippen LogP contribution is -2.22. The van der Waals surface area contributed by atoms with Crippen LogP contribution in [0.5, 0.6) is 0 Å². The van der Waals surface area contributed by atoms with Gasteiger partial charge in [-0.1, -0.05) is 18.2 Å². The number of aromatic nitrogens is 2. The van der Waals surface area contributed by atoms with E-state index in [1.807, 2.05) is 102 Å². The molecule has 0 bridgehead atoms. The average Bonchev–Trinajstić information content (AvgIpc) is 3.60. The summed E-state index contributed by atoms with van der Waals surface area (Å²) >= 11 is 0. The summed E-state index contributed by atoms with van der Waals surface area (Å²) in [7, 11) is 4.00. The third kappa shape index (κ3) is 4.80. The van der Waals surface area contributed by atoms with Gasteiger partial charge in [0.1, 0.15) is 0 Å². The van der Waals surface area contributed by atoms with Gasteiger partial charge in [0.2, 0.25) is 0 Å². The van der Waals surface area contributed by atoms with Gasteiger partial charge in [0.05, 0.1) is 11.4 Å². The van der Waals surface area contributed by atoms with Crippen molar-refractivity contribution in [1.82, 2.24) is 20.0 Å². The first kappa shape index (κ1) is 24.2. The van der Waals surface area contributed by atoms with Gasteiger partial charge < -0.3 is 20.9 Å². The summed E-state index contributed by atoms with van der Waals surface area (Å²) in [6.45, 7) is 1.01. The number of imidazole rings is 1. The van der Waals surface area contributed by atoms with Gasteiger partial charge >= 0.3 is 0 Å². The molecule has 0 saturated heterocycles. The van der Waals surface area contributed by atoms with E-state index >= 15 is 0 Å². The van der Waals surface area contributed by atoms with Crippen LogP contribution in [-0.2, 0) is 13.1 Å². The zero-order valence-corrected chi connectivity index (χ0v) is 21.7. The second-order valence-electron chi connectivity index (χ2n) is 9.75. The van der Waals surface area contributed by atoms with Crippen LogP contribution < -0.4 is 20.9 Å². The maximum Gasteiger partial charge on any atom is 0.251 e. The normalized spacial score (nSPS) is 12.2. The van der Waals surface area contributed by atoms with Gasteiger partial charge in [-0.15, -0.1) is 0 Å². The summed E-state index contributed by atoms with van der Waals surface area (Å²) in [4.78, 5) is 31.2. The lowest BCUT2D eigenvalue weighted by molar-refractivity contribution is 0.0947. The van der Waals surface area contributed by atoms with Crippen molar-refractivity contribution >= 4 is 34.5 Å². The van der Waals surface area contributed by atoms with Crippen molar-refractivity contribution in [2.75, 3.05) is 24.3 Å². The molecule has 0 atom stereocenters. The van der Waals surface area contributed by atoms with Crippen molar-refractivity contribution < 1.29 is 9.59 Å². The van der Waals surface area contributed by atoms with Crippen LogP contribution >= 0.6 is 0 Å². The van der Waals surface area contributed by atoms with Crippen LogP contribution in [0.3, 0.4) is 0 Å². The molecular weight excluding hydrogens is 488 g/mol. The molecule has 3 aromatic carbocycles. The van der Waals surface area contributed by atoms with Crippen molar-refractivity contribution in [2.45, 2.75) is 13.1 Å². The van der Waals surface area contributed by atoms with Crippen molar-refractivity contribution in [3.63, 3.8) is 0 Å². The number of amides is 2. The molecule has 0 unspecified atom stereocenters. The van der Waals surface area contributed by atoms with Gasteiger partial charge in [0, 0.05) is 62.1 Å². The first-order valence-corrected chi connectivity index (χ1v) is 12.8. The number of nitrogens with one attached hydrogen (secondary N) is 3. The first-order chi connectivity index (χ1) is 19.0. The van der Waals surface area contributed by atoms with Crippen LogP contribution in [-0.4, -0.2) is 35.3 Å². The number of carbonyl (C=O) groups excluding carboxylic acids is 2. The van der Waals surface area contributed by atoms with E-state index in [4.69, 9.17) is 0 Å². The second-order valence-corrected chi connectivity index (χ2v) is 9.75. The zero-order chi connectivity index (χ0) is 26.9. The summed E-state index contributed by atoms with van der Waals surface area (Å²) in [6.07, 6.45) is 3.69. The highest BCUT2D eigenvalue weighted by atomic mass is 16.2. The highest BCUT2D eigenvalue weighted by molar-refractivity contribution is 5.99. The minimum atomic E-state index is -0.121. The molecule has 6 rings (SSSR count). The molecule has 8 nitrogen and oxygen atoms in total. The van der Waals surface area contributed by atoms with E-state index in [-0.39, 0.29) is 11.8 Å². The van der Waals surface area contributed by atoms with Crippen LogP contribution in [0, 0.1) is 0 Å². The third-order valence-corrected chi connectivity index (χ3v) is 6.97. The Kier molecular flexibility index (Phi) is 6.20. The third-order valence-electron chi connectivity index (χ3n) is 6.97. The van der Waals surface area contributed by atoms with Crippen molar-refractivity contribution in [3.8, 4) is 11.3 Å². The predicted molar refractivity (Wildman–Crippen MR) is 153 cm³/mol. The van der Waals surface area contributed by atoms with Crippen LogP contribution in [0.4, 0.5) is 17.1 Å². The van der Waals surface area contributed by atoms with Crippen LogP contribution in [0.25, 0.3) is 16.9 Å². The monoisotopic (exact) mass is 516 g/mol. The van der Waals surface area contributed by atoms with Crippen molar-refractivity contribution in [1.29, 1.82) is 0 Å². The fraction of sp³-hybridized carbons (Fsp3) is 0.129. The zero-order valence-electron chi connectivity index (χ0n) is 21.7. The number of pyridine rings is 1. The molecule has 3 heterocycles. The van der Waals surface area contributed by atoms with Crippen LogP contribution in [0.2, 0.25) is 0 Å². The van der Waals surface area contributed by atoms with E-state index in [0.717, 1.165) is 50.7 Å². The number of fused-ring (bicyclic) bond motifs is 2. The molecule has 0 aliphatic carbocycles. The second kappa shape index (κ2) is 9.98. The van der Waals surface area contributed by atoms with Gasteiger partial charge in [0.25, 0.3) is 11.8 Å². The molecule has 2 amide bonds. The topological polar surface area (TPSA) is 90.8 Å². The van der Waals surface area contributed by atoms with Gasteiger partial charge in [-0.25, -0.2) is 4.98 Å². The Hall–Kier alpha value is -5.11. The molecule has 3 N–H and O–H groups in total. The number of rotatable bonds is 7. The maximum atomic E-state index is 12.7. The Morgan fingerprint density at radius 3 is 2.56 bits per heavy atom. The molecule has 0 fully saturated rings. The number of nitrogens with zero attached hydrogens (tertiary/aromatic N) is 3. The van der Waals surface area contributed by atoms with E-state index in [0.29, 0.717) is 18.7 Å². The molecule has 0 radical (unpaired) electrons. The summed E-state index contributed by atoms with van der Waals surface area (Å²) < 4.78 is 2.03. The standard InChI is InChI=1S/C31H28N6O2/c1-36(2)25-10-3-20(4-11-25)18-33-30(38)21-5-8-24(9-6-21)35-27-13-14-28(37-16-15-32-29(27)37)22-7-12-26-23(17-22)19-34-31(26)39/h3-17,35H,18-19H2,1-2H3,(H,33,38)(H,34,39). The Labute approximate surface area is 226 Å². The minimum Gasteiger partial charge on any atom is -0.378 e. The molecule has 8 heteroatoms. The molecule has 194 valence electrons. The maximum absolute atomic E-state index is 12.7. The Bertz CT molecular complexity index is 1690. The Morgan fingerprint density at radius 2 is 1.79 bits per heavy atom. The summed E-state index contributed by atoms with van der Waals surface area (Å²) in [5, 5.41) is 9.28. The number of anilines is 3. The van der Waals surface area contributed by atoms with E-state index in [9.17, 15) is 9.59 Å². The number of hydrogen-bond donors (Lipinski definition) is 3. The Morgan fingerprint density at radius 1 is 1.00 bits per heavy atom. The van der Waals surface area contributed by atoms with Gasteiger partial charge in [-0.2, -0.15) is 0 Å². The largest absolute Gasteiger partial charge is 0.378 e. The summed E-state index contributed by atoms with van der Waals surface area (Å²) in [5.41, 5.74) is 8.97. The fourth-order valence-corrected chi connectivity index (χ4v) is 4.80. The first-order valence-electron chi connectivity index (χ1n) is 12.8. The predicted octanol–water partition coefficient (Wildman–Crippen LogP) is 4.98. The SMILES string of the molecule is CN(C)c1ccc(CNC(=O)c2ccc(Nc3ccc(-c4ccc5c(c4)CNC5=O)n4ccnc34)cc2)cc1. The van der Waals surface area contributed by atoms with Gasteiger partial charge in [-0.05, 0) is 77.4 Å². The highest BCUT2D eigenvalue weighted by Gasteiger charge is 2.19. The lowest BCUT2D eigenvalue weighted by atomic mass is 10.0. The molecular formula is C31H28N6O2. The number of hydrogen-bond acceptors (Lipinski definition) is 5. The molecule has 2 aromatic heterocycles. The van der Waals surface area contributed by atoms with E-state index in [1.165, 1.54) is 0 Å². The van der Waals surface area contributed by atoms with Gasteiger partial charge in [0.15, 0.2) is 5.65 Å². The fourth-order valence-electron chi connectivity index (χ4n) is 4.80. The number of benzene rings is 3. The molecule has 1 aliphatic rings. The minimum absolute atomic E-state index is 0.0257. The van der Waals surface area contributed by atoms with Crippen molar-refractivity contribution in [3.05, 3.63) is 114 Å². The molecule has 0 spiro atoms. The Balaban J connectivity index is 1.15. The number of carbonyl (C=O) groups is 2. The van der Waals surface area contributed by atoms with Crippen LogP contribution in [0.1, 0.15) is 31.8 Å². The molecule has 39 heavy (non-hydrogen) atoms. The average molecular weight is 517 g/mol. The van der Waals surface area contributed by atoms with Crippen molar-refractivity contribution in [2.24, 2.45) is 0 Å².